The maximum Gasteiger partial charge on any atom is 0.125 e. The van der Waals surface area contributed by atoms with Crippen molar-refractivity contribution in [1.82, 2.24) is 5.32 Å². The first kappa shape index (κ1) is 13.8. The molecule has 0 fully saturated rings. The number of thioether (sulfide) groups is 1. The Balaban J connectivity index is 2.06. The number of fused-ring (bicyclic) bond motifs is 1. The van der Waals surface area contributed by atoms with Crippen molar-refractivity contribution in [3.8, 4) is 5.75 Å². The molecule has 2 nitrogen and oxygen atoms in total. The van der Waals surface area contributed by atoms with Gasteiger partial charge in [0, 0.05) is 5.56 Å². The van der Waals surface area contributed by atoms with Gasteiger partial charge in [-0.3, -0.25) is 0 Å². The molecule has 1 heterocycles. The summed E-state index contributed by atoms with van der Waals surface area (Å²) in [5, 5.41) is 3.67. The fourth-order valence-electron chi connectivity index (χ4n) is 2.55. The molecule has 0 saturated carbocycles. The van der Waals surface area contributed by atoms with Crippen molar-refractivity contribution in [3.63, 3.8) is 0 Å². The van der Waals surface area contributed by atoms with E-state index in [0.29, 0.717) is 5.92 Å². The van der Waals surface area contributed by atoms with Crippen LogP contribution in [0, 0.1) is 5.92 Å². The van der Waals surface area contributed by atoms with Crippen molar-refractivity contribution in [1.29, 1.82) is 0 Å². The van der Waals surface area contributed by atoms with Crippen molar-refractivity contribution < 1.29 is 4.74 Å². The summed E-state index contributed by atoms with van der Waals surface area (Å²) in [6, 6.07) is 8.64. The Morgan fingerprint density at radius 3 is 2.83 bits per heavy atom. The third-order valence-corrected chi connectivity index (χ3v) is 4.32. The van der Waals surface area contributed by atoms with Crippen molar-refractivity contribution in [2.24, 2.45) is 5.92 Å². The zero-order chi connectivity index (χ0) is 13.2. The third kappa shape index (κ3) is 2.83. The smallest absolute Gasteiger partial charge is 0.125 e. The van der Waals surface area contributed by atoms with Crippen molar-refractivity contribution >= 4 is 11.8 Å². The molecule has 1 aliphatic heterocycles. The van der Waals surface area contributed by atoms with Crippen LogP contribution in [0.4, 0.5) is 0 Å². The Bertz CT molecular complexity index is 405. The van der Waals surface area contributed by atoms with Gasteiger partial charge in [-0.25, -0.2) is 0 Å². The van der Waals surface area contributed by atoms with Crippen LogP contribution >= 0.6 is 11.8 Å². The predicted molar refractivity (Wildman–Crippen MR) is 79.4 cm³/mol. The molecule has 1 aromatic carbocycles. The minimum atomic E-state index is -0.164. The SMILES string of the molecule is CSCC(C)CNC1c2ccccc2OC1(C)C. The lowest BCUT2D eigenvalue weighted by atomic mass is 9.94. The molecule has 0 saturated heterocycles. The van der Waals surface area contributed by atoms with Crippen LogP contribution in [0.15, 0.2) is 24.3 Å². The number of nitrogens with one attached hydrogen (secondary N) is 1. The van der Waals surface area contributed by atoms with E-state index in [-0.39, 0.29) is 11.6 Å². The first-order valence-electron chi connectivity index (χ1n) is 6.55. The quantitative estimate of drug-likeness (QED) is 0.880. The van der Waals surface area contributed by atoms with E-state index in [1.54, 1.807) is 0 Å². The van der Waals surface area contributed by atoms with Crippen LogP contribution in [0.1, 0.15) is 32.4 Å². The Morgan fingerprint density at radius 2 is 2.11 bits per heavy atom. The van der Waals surface area contributed by atoms with Gasteiger partial charge in [-0.05, 0) is 44.4 Å². The molecule has 0 aromatic heterocycles. The standard InChI is InChI=1S/C15H23NOS/c1-11(10-18-4)9-16-14-12-7-5-6-8-13(12)17-15(14,2)3/h5-8,11,14,16H,9-10H2,1-4H3. The van der Waals surface area contributed by atoms with Crippen molar-refractivity contribution in [2.75, 3.05) is 18.6 Å². The Morgan fingerprint density at radius 1 is 1.39 bits per heavy atom. The molecule has 1 aliphatic rings. The van der Waals surface area contributed by atoms with Gasteiger partial charge in [0.15, 0.2) is 0 Å². The van der Waals surface area contributed by atoms with Gasteiger partial charge in [-0.1, -0.05) is 25.1 Å². The lowest BCUT2D eigenvalue weighted by Gasteiger charge is -2.28. The van der Waals surface area contributed by atoms with Crippen LogP contribution in [0.5, 0.6) is 5.75 Å². The summed E-state index contributed by atoms with van der Waals surface area (Å²) < 4.78 is 6.03. The molecule has 0 bridgehead atoms. The highest BCUT2D eigenvalue weighted by Crippen LogP contribution is 2.42. The Labute approximate surface area is 114 Å². The number of ether oxygens (including phenoxy) is 1. The van der Waals surface area contributed by atoms with E-state index in [9.17, 15) is 0 Å². The number of hydrogen-bond donors (Lipinski definition) is 1. The van der Waals surface area contributed by atoms with Crippen LogP contribution in [-0.2, 0) is 0 Å². The van der Waals surface area contributed by atoms with Gasteiger partial charge in [-0.2, -0.15) is 11.8 Å². The molecule has 1 N–H and O–H groups in total. The fourth-order valence-corrected chi connectivity index (χ4v) is 3.23. The summed E-state index contributed by atoms with van der Waals surface area (Å²) in [7, 11) is 0. The molecule has 2 atom stereocenters. The molecule has 3 heteroatoms. The summed E-state index contributed by atoms with van der Waals surface area (Å²) >= 11 is 1.91. The second-order valence-corrected chi connectivity index (χ2v) is 6.56. The maximum absolute atomic E-state index is 6.03. The highest BCUT2D eigenvalue weighted by atomic mass is 32.2. The molecule has 0 amide bonds. The second kappa shape index (κ2) is 5.54. The van der Waals surface area contributed by atoms with E-state index in [0.717, 1.165) is 12.3 Å². The van der Waals surface area contributed by atoms with Gasteiger partial charge >= 0.3 is 0 Å². The topological polar surface area (TPSA) is 21.3 Å². The van der Waals surface area contributed by atoms with Crippen LogP contribution in [0.3, 0.4) is 0 Å². The maximum atomic E-state index is 6.03. The molecular formula is C15H23NOS. The normalized spacial score (nSPS) is 22.3. The van der Waals surface area contributed by atoms with E-state index in [1.165, 1.54) is 11.3 Å². The van der Waals surface area contributed by atoms with Gasteiger partial charge in [0.25, 0.3) is 0 Å². The largest absolute Gasteiger partial charge is 0.486 e. The lowest BCUT2D eigenvalue weighted by molar-refractivity contribution is 0.0953. The third-order valence-electron chi connectivity index (χ3n) is 3.42. The summed E-state index contributed by atoms with van der Waals surface area (Å²) in [6.07, 6.45) is 2.16. The lowest BCUT2D eigenvalue weighted by Crippen LogP contribution is -2.40. The van der Waals surface area contributed by atoms with E-state index >= 15 is 0 Å². The molecule has 1 aromatic rings. The molecule has 18 heavy (non-hydrogen) atoms. The van der Waals surface area contributed by atoms with Crippen molar-refractivity contribution in [2.45, 2.75) is 32.4 Å². The number of para-hydroxylation sites is 1. The predicted octanol–water partition coefficient (Wildman–Crippen LogP) is 3.49. The molecule has 2 rings (SSSR count). The van der Waals surface area contributed by atoms with Gasteiger partial charge in [0.2, 0.25) is 0 Å². The van der Waals surface area contributed by atoms with Crippen LogP contribution in [0.2, 0.25) is 0 Å². The molecular weight excluding hydrogens is 242 g/mol. The van der Waals surface area contributed by atoms with Crippen LogP contribution in [-0.4, -0.2) is 24.2 Å². The van der Waals surface area contributed by atoms with Crippen molar-refractivity contribution in [3.05, 3.63) is 29.8 Å². The van der Waals surface area contributed by atoms with E-state index in [4.69, 9.17) is 4.74 Å². The highest BCUT2D eigenvalue weighted by molar-refractivity contribution is 7.98. The Hall–Kier alpha value is -0.670. The minimum absolute atomic E-state index is 0.164. The minimum Gasteiger partial charge on any atom is -0.486 e. The summed E-state index contributed by atoms with van der Waals surface area (Å²) in [6.45, 7) is 7.64. The highest BCUT2D eigenvalue weighted by Gasteiger charge is 2.40. The summed E-state index contributed by atoms with van der Waals surface area (Å²) in [5.41, 5.74) is 1.13. The first-order valence-corrected chi connectivity index (χ1v) is 7.94. The molecule has 2 unspecified atom stereocenters. The number of rotatable bonds is 5. The number of benzene rings is 1. The number of hydrogen-bond acceptors (Lipinski definition) is 3. The van der Waals surface area contributed by atoms with E-state index < -0.39 is 0 Å². The first-order chi connectivity index (χ1) is 8.54. The van der Waals surface area contributed by atoms with Crippen LogP contribution < -0.4 is 10.1 Å². The van der Waals surface area contributed by atoms with Gasteiger partial charge in [0.1, 0.15) is 11.4 Å². The zero-order valence-electron chi connectivity index (χ0n) is 11.7. The van der Waals surface area contributed by atoms with E-state index in [1.807, 2.05) is 17.8 Å². The second-order valence-electron chi connectivity index (χ2n) is 5.65. The molecule has 0 aliphatic carbocycles. The molecule has 0 spiro atoms. The monoisotopic (exact) mass is 265 g/mol. The van der Waals surface area contributed by atoms with Gasteiger partial charge < -0.3 is 10.1 Å². The average Bonchev–Trinajstić information content (AvgIpc) is 2.56. The Kier molecular flexibility index (Phi) is 4.23. The zero-order valence-corrected chi connectivity index (χ0v) is 12.5. The van der Waals surface area contributed by atoms with Gasteiger partial charge in [0.05, 0.1) is 6.04 Å². The average molecular weight is 265 g/mol. The molecule has 100 valence electrons. The van der Waals surface area contributed by atoms with Gasteiger partial charge in [-0.15, -0.1) is 0 Å². The summed E-state index contributed by atoms with van der Waals surface area (Å²) in [5.74, 6) is 2.91. The summed E-state index contributed by atoms with van der Waals surface area (Å²) in [4.78, 5) is 0. The fraction of sp³-hybridized carbons (Fsp3) is 0.600. The molecule has 0 radical (unpaired) electrons. The van der Waals surface area contributed by atoms with E-state index in [2.05, 4.69) is 50.5 Å². The van der Waals surface area contributed by atoms with Crippen LogP contribution in [0.25, 0.3) is 0 Å².